The molecule has 7 nitrogen and oxygen atoms in total. The van der Waals surface area contributed by atoms with E-state index in [1.165, 1.54) is 25.9 Å². The van der Waals surface area contributed by atoms with Crippen molar-refractivity contribution in [3.05, 3.63) is 11.8 Å². The SMILES string of the molecule is CC(C)(C)OC(=O)Nc1[nH]ncc1CNC1CN2CCC1CC2. The quantitative estimate of drug-likeness (QED) is 0.789. The lowest BCUT2D eigenvalue weighted by Gasteiger charge is -2.45. The molecule has 0 spiro atoms. The maximum Gasteiger partial charge on any atom is 0.413 e. The second-order valence-electron chi connectivity index (χ2n) is 7.52. The minimum Gasteiger partial charge on any atom is -0.444 e. The number of nitrogens with one attached hydrogen (secondary N) is 3. The lowest BCUT2D eigenvalue weighted by Crippen LogP contribution is -2.55. The number of piperidine rings is 3. The van der Waals surface area contributed by atoms with Gasteiger partial charge in [0.25, 0.3) is 0 Å². The molecule has 4 rings (SSSR count). The van der Waals surface area contributed by atoms with Crippen LogP contribution in [0.3, 0.4) is 0 Å². The molecule has 1 unspecified atom stereocenters. The smallest absolute Gasteiger partial charge is 0.413 e. The number of carbonyl (C=O) groups excluding carboxylic acids is 1. The monoisotopic (exact) mass is 321 g/mol. The van der Waals surface area contributed by atoms with E-state index in [-0.39, 0.29) is 0 Å². The zero-order valence-corrected chi connectivity index (χ0v) is 14.2. The number of hydrogen-bond acceptors (Lipinski definition) is 5. The van der Waals surface area contributed by atoms with Crippen LogP contribution in [0.1, 0.15) is 39.2 Å². The van der Waals surface area contributed by atoms with E-state index in [2.05, 4.69) is 25.7 Å². The fourth-order valence-corrected chi connectivity index (χ4v) is 3.40. The normalized spacial score (nSPS) is 27.0. The highest BCUT2D eigenvalue weighted by Gasteiger charge is 2.33. The molecule has 3 N–H and O–H groups in total. The zero-order chi connectivity index (χ0) is 16.4. The largest absolute Gasteiger partial charge is 0.444 e. The van der Waals surface area contributed by atoms with Crippen LogP contribution in [0.5, 0.6) is 0 Å². The van der Waals surface area contributed by atoms with Crippen LogP contribution in [0.25, 0.3) is 0 Å². The Kier molecular flexibility index (Phi) is 4.59. The number of nitrogens with zero attached hydrogens (tertiary/aromatic N) is 2. The predicted octanol–water partition coefficient (Wildman–Crippen LogP) is 1.94. The summed E-state index contributed by atoms with van der Waals surface area (Å²) in [4.78, 5) is 14.4. The van der Waals surface area contributed by atoms with Crippen molar-refractivity contribution in [2.24, 2.45) is 5.92 Å². The minimum absolute atomic E-state index is 0.467. The Hall–Kier alpha value is -1.60. The fraction of sp³-hybridized carbons (Fsp3) is 0.750. The fourth-order valence-electron chi connectivity index (χ4n) is 3.40. The van der Waals surface area contributed by atoms with Crippen molar-refractivity contribution < 1.29 is 9.53 Å². The molecular formula is C16H27N5O2. The first-order valence-corrected chi connectivity index (χ1v) is 8.39. The first-order valence-electron chi connectivity index (χ1n) is 8.39. The molecular weight excluding hydrogens is 294 g/mol. The average Bonchev–Trinajstić information content (AvgIpc) is 2.91. The van der Waals surface area contributed by atoms with E-state index in [0.29, 0.717) is 18.4 Å². The van der Waals surface area contributed by atoms with Crippen molar-refractivity contribution in [1.82, 2.24) is 20.4 Å². The topological polar surface area (TPSA) is 82.3 Å². The average molecular weight is 321 g/mol. The predicted molar refractivity (Wildman–Crippen MR) is 88.2 cm³/mol. The van der Waals surface area contributed by atoms with E-state index < -0.39 is 11.7 Å². The van der Waals surface area contributed by atoms with Gasteiger partial charge in [0.05, 0.1) is 6.20 Å². The van der Waals surface area contributed by atoms with Gasteiger partial charge in [-0.1, -0.05) is 0 Å². The van der Waals surface area contributed by atoms with Crippen molar-refractivity contribution in [3.63, 3.8) is 0 Å². The van der Waals surface area contributed by atoms with Gasteiger partial charge in [0.15, 0.2) is 0 Å². The summed E-state index contributed by atoms with van der Waals surface area (Å²) in [5.41, 5.74) is 0.436. The molecule has 7 heteroatoms. The van der Waals surface area contributed by atoms with Gasteiger partial charge < -0.3 is 15.0 Å². The molecule has 0 aromatic carbocycles. The molecule has 3 saturated heterocycles. The van der Waals surface area contributed by atoms with Crippen LogP contribution in [0.4, 0.5) is 10.6 Å². The van der Waals surface area contributed by atoms with Crippen LogP contribution in [-0.4, -0.2) is 52.5 Å². The summed E-state index contributed by atoms with van der Waals surface area (Å²) >= 11 is 0. The Morgan fingerprint density at radius 1 is 1.43 bits per heavy atom. The van der Waals surface area contributed by atoms with Crippen molar-refractivity contribution in [2.75, 3.05) is 25.0 Å². The Balaban J connectivity index is 1.53. The third-order valence-electron chi connectivity index (χ3n) is 4.55. The first kappa shape index (κ1) is 16.3. The molecule has 0 saturated carbocycles. The van der Waals surface area contributed by atoms with Gasteiger partial charge in [-0.15, -0.1) is 0 Å². The molecule has 2 bridgehead atoms. The van der Waals surface area contributed by atoms with Gasteiger partial charge in [-0.3, -0.25) is 10.4 Å². The second kappa shape index (κ2) is 6.49. The summed E-state index contributed by atoms with van der Waals surface area (Å²) in [5, 5.41) is 13.2. The van der Waals surface area contributed by atoms with Gasteiger partial charge in [0, 0.05) is 24.7 Å². The van der Waals surface area contributed by atoms with E-state index >= 15 is 0 Å². The number of carbonyl (C=O) groups is 1. The Morgan fingerprint density at radius 3 is 2.78 bits per heavy atom. The second-order valence-corrected chi connectivity index (χ2v) is 7.52. The first-order chi connectivity index (χ1) is 10.9. The van der Waals surface area contributed by atoms with Gasteiger partial charge in [-0.25, -0.2) is 4.79 Å². The Morgan fingerprint density at radius 2 is 2.17 bits per heavy atom. The minimum atomic E-state index is -0.516. The molecule has 0 radical (unpaired) electrons. The number of hydrogen-bond donors (Lipinski definition) is 3. The zero-order valence-electron chi connectivity index (χ0n) is 14.2. The third-order valence-corrected chi connectivity index (χ3v) is 4.55. The molecule has 1 aromatic heterocycles. The number of fused-ring (bicyclic) bond motifs is 3. The number of anilines is 1. The van der Waals surface area contributed by atoms with Crippen LogP contribution >= 0.6 is 0 Å². The van der Waals surface area contributed by atoms with Crippen molar-refractivity contribution in [2.45, 2.75) is 51.8 Å². The van der Waals surface area contributed by atoms with Crippen LogP contribution in [0, 0.1) is 5.92 Å². The van der Waals surface area contributed by atoms with Gasteiger partial charge in [0.1, 0.15) is 11.4 Å². The van der Waals surface area contributed by atoms with E-state index in [1.54, 1.807) is 6.20 Å². The summed E-state index contributed by atoms with van der Waals surface area (Å²) in [5.74, 6) is 1.38. The number of amides is 1. The molecule has 0 aliphatic carbocycles. The summed E-state index contributed by atoms with van der Waals surface area (Å²) in [7, 11) is 0. The number of aromatic nitrogens is 2. The lowest BCUT2D eigenvalue weighted by molar-refractivity contribution is 0.0635. The van der Waals surface area contributed by atoms with Gasteiger partial charge in [-0.2, -0.15) is 5.10 Å². The van der Waals surface area contributed by atoms with Crippen LogP contribution in [-0.2, 0) is 11.3 Å². The Bertz CT molecular complexity index is 543. The molecule has 23 heavy (non-hydrogen) atoms. The highest BCUT2D eigenvalue weighted by molar-refractivity contribution is 5.84. The van der Waals surface area contributed by atoms with Gasteiger partial charge >= 0.3 is 6.09 Å². The van der Waals surface area contributed by atoms with E-state index in [4.69, 9.17) is 4.74 Å². The number of H-pyrrole nitrogens is 1. The summed E-state index contributed by atoms with van der Waals surface area (Å²) in [6, 6.07) is 0.529. The van der Waals surface area contributed by atoms with Gasteiger partial charge in [-0.05, 0) is 52.6 Å². The molecule has 1 amide bonds. The van der Waals surface area contributed by atoms with E-state index in [1.807, 2.05) is 20.8 Å². The summed E-state index contributed by atoms with van der Waals surface area (Å²) in [6.07, 6.45) is 3.85. The van der Waals surface area contributed by atoms with Crippen molar-refractivity contribution in [1.29, 1.82) is 0 Å². The molecule has 4 heterocycles. The van der Waals surface area contributed by atoms with Crippen LogP contribution in [0.15, 0.2) is 6.20 Å². The van der Waals surface area contributed by atoms with E-state index in [0.717, 1.165) is 18.0 Å². The molecule has 128 valence electrons. The maximum absolute atomic E-state index is 11.9. The standard InChI is InChI=1S/C16H27N5O2/c1-16(2,3)23-15(22)19-14-12(9-18-20-14)8-17-13-10-21-6-4-11(13)5-7-21/h9,11,13,17H,4-8,10H2,1-3H3,(H2,18,19,20,22). The molecule has 3 aliphatic rings. The van der Waals surface area contributed by atoms with E-state index in [9.17, 15) is 4.79 Å². The number of ether oxygens (including phenoxy) is 1. The lowest BCUT2D eigenvalue weighted by atomic mass is 9.84. The summed E-state index contributed by atoms with van der Waals surface area (Å²) < 4.78 is 5.28. The Labute approximate surface area is 137 Å². The van der Waals surface area contributed by atoms with Crippen LogP contribution < -0.4 is 10.6 Å². The molecule has 1 aromatic rings. The number of rotatable bonds is 4. The maximum atomic E-state index is 11.9. The van der Waals surface area contributed by atoms with Crippen molar-refractivity contribution >= 4 is 11.9 Å². The molecule has 1 atom stereocenters. The van der Waals surface area contributed by atoms with Crippen LogP contribution in [0.2, 0.25) is 0 Å². The molecule has 3 aliphatic heterocycles. The van der Waals surface area contributed by atoms with Crippen molar-refractivity contribution in [3.8, 4) is 0 Å². The van der Waals surface area contributed by atoms with Gasteiger partial charge in [0.2, 0.25) is 0 Å². The highest BCUT2D eigenvalue weighted by Crippen LogP contribution is 2.27. The number of aromatic amines is 1. The molecule has 3 fully saturated rings. The summed E-state index contributed by atoms with van der Waals surface area (Å²) in [6.45, 7) is 9.81. The third kappa shape index (κ3) is 4.23. The highest BCUT2D eigenvalue weighted by atomic mass is 16.6.